The van der Waals surface area contributed by atoms with Gasteiger partial charge < -0.3 is 29.1 Å². The molecule has 1 aromatic carbocycles. The van der Waals surface area contributed by atoms with Gasteiger partial charge in [0.25, 0.3) is 21.9 Å². The fourth-order valence-electron chi connectivity index (χ4n) is 3.97. The van der Waals surface area contributed by atoms with Crippen molar-refractivity contribution in [3.63, 3.8) is 0 Å². The standard InChI is InChI=1S/C26H31N3O13S2/c1-6-39-26(34)42-15(3)41-25(33)21-16(11-37-4)13-43-24-20(23(32)29(21)24)27-22(31)19(28-38-5)18(30)12-40-44(35,36)17-9-7-14(2)8-10-17/h7-10,15,20,24H,6,11-13H2,1-5H3,(H,27,31)/t15?,20?,24-/m0/s1. The first kappa shape index (κ1) is 34.5. The SMILES string of the molecule is CCOC(=O)OC(C)OC(=O)C1=C(COC)CS[C@H]2C(NC(=O)C(=NOC)C(=O)COS(=O)(=O)c3ccc(C)cc3)C(=O)N12. The fourth-order valence-corrected chi connectivity index (χ4v) is 6.16. The number of carbonyl (C=O) groups excluding carboxylic acids is 5. The van der Waals surface area contributed by atoms with Crippen LogP contribution in [0.2, 0.25) is 0 Å². The molecule has 2 unspecified atom stereocenters. The Bertz CT molecular complexity index is 1460. The Balaban J connectivity index is 1.70. The zero-order chi connectivity index (χ0) is 32.6. The number of carbonyl (C=O) groups is 5. The highest BCUT2D eigenvalue weighted by Crippen LogP contribution is 2.40. The predicted molar refractivity (Wildman–Crippen MR) is 151 cm³/mol. The van der Waals surface area contributed by atoms with Crippen molar-refractivity contribution >= 4 is 57.3 Å². The lowest BCUT2D eigenvalue weighted by Crippen LogP contribution is -2.71. The number of nitrogens with zero attached hydrogens (tertiary/aromatic N) is 2. The van der Waals surface area contributed by atoms with Crippen molar-refractivity contribution < 1.29 is 60.4 Å². The summed E-state index contributed by atoms with van der Waals surface area (Å²) in [5.41, 5.74) is 0.211. The number of Topliss-reactive ketones (excluding diaryl/α,β-unsaturated/α-hetero) is 1. The lowest BCUT2D eigenvalue weighted by molar-refractivity contribution is -0.169. The highest BCUT2D eigenvalue weighted by Gasteiger charge is 2.55. The van der Waals surface area contributed by atoms with E-state index in [9.17, 15) is 32.4 Å². The van der Waals surface area contributed by atoms with Gasteiger partial charge in [0, 0.05) is 19.8 Å². The molecular formula is C26H31N3O13S2. The molecule has 44 heavy (non-hydrogen) atoms. The van der Waals surface area contributed by atoms with Crippen molar-refractivity contribution in [2.45, 2.75) is 43.4 Å². The minimum atomic E-state index is -4.34. The summed E-state index contributed by atoms with van der Waals surface area (Å²) in [4.78, 5) is 69.0. The summed E-state index contributed by atoms with van der Waals surface area (Å²) in [5.74, 6) is -3.78. The molecular weight excluding hydrogens is 626 g/mol. The molecule has 0 saturated carbocycles. The van der Waals surface area contributed by atoms with Crippen LogP contribution in [0.25, 0.3) is 0 Å². The van der Waals surface area contributed by atoms with Gasteiger partial charge in [0.1, 0.15) is 30.8 Å². The molecule has 1 aromatic rings. The zero-order valence-corrected chi connectivity index (χ0v) is 26.0. The van der Waals surface area contributed by atoms with Gasteiger partial charge in [-0.05, 0) is 31.6 Å². The molecule has 0 aliphatic carbocycles. The van der Waals surface area contributed by atoms with Crippen LogP contribution in [0.4, 0.5) is 4.79 Å². The largest absolute Gasteiger partial charge is 0.511 e. The molecule has 2 amide bonds. The van der Waals surface area contributed by atoms with Crippen LogP contribution < -0.4 is 5.32 Å². The van der Waals surface area contributed by atoms with Gasteiger partial charge in [-0.25, -0.2) is 9.59 Å². The third-order valence-corrected chi connectivity index (χ3v) is 8.58. The van der Waals surface area contributed by atoms with Crippen molar-refractivity contribution in [3.05, 3.63) is 41.1 Å². The van der Waals surface area contributed by atoms with Gasteiger partial charge in [-0.2, -0.15) is 8.42 Å². The number of benzene rings is 1. The highest BCUT2D eigenvalue weighted by atomic mass is 32.2. The normalized spacial score (nSPS) is 18.9. The fraction of sp³-hybridized carbons (Fsp3) is 0.462. The number of ether oxygens (including phenoxy) is 4. The number of methoxy groups -OCH3 is 1. The average molecular weight is 658 g/mol. The minimum Gasteiger partial charge on any atom is -0.435 e. The van der Waals surface area contributed by atoms with E-state index in [2.05, 4.69) is 20.0 Å². The van der Waals surface area contributed by atoms with Gasteiger partial charge in [-0.1, -0.05) is 22.9 Å². The van der Waals surface area contributed by atoms with Crippen LogP contribution in [-0.2, 0) is 57.3 Å². The first-order valence-electron chi connectivity index (χ1n) is 13.0. The molecule has 2 aliphatic heterocycles. The summed E-state index contributed by atoms with van der Waals surface area (Å²) >= 11 is 1.20. The lowest BCUT2D eigenvalue weighted by atomic mass is 10.0. The summed E-state index contributed by atoms with van der Waals surface area (Å²) < 4.78 is 49.6. The van der Waals surface area contributed by atoms with Crippen LogP contribution in [0.1, 0.15) is 19.4 Å². The van der Waals surface area contributed by atoms with Crippen LogP contribution in [0, 0.1) is 6.92 Å². The summed E-state index contributed by atoms with van der Waals surface area (Å²) in [6.45, 7) is 3.55. The quantitative estimate of drug-likeness (QED) is 0.0555. The topological polar surface area (TPSA) is 202 Å². The molecule has 1 N–H and O–H groups in total. The third-order valence-electron chi connectivity index (χ3n) is 5.96. The molecule has 0 radical (unpaired) electrons. The van der Waals surface area contributed by atoms with Gasteiger partial charge in [0.15, 0.2) is 0 Å². The number of oxime groups is 1. The van der Waals surface area contributed by atoms with Crippen LogP contribution in [-0.4, -0.2) is 106 Å². The van der Waals surface area contributed by atoms with E-state index in [1.54, 1.807) is 26.0 Å². The molecule has 16 nitrogen and oxygen atoms in total. The van der Waals surface area contributed by atoms with Crippen molar-refractivity contribution in [2.75, 3.05) is 39.8 Å². The molecule has 0 aromatic heterocycles. The highest BCUT2D eigenvalue weighted by molar-refractivity contribution is 8.00. The van der Waals surface area contributed by atoms with Gasteiger partial charge in [-0.15, -0.1) is 11.8 Å². The van der Waals surface area contributed by atoms with E-state index in [4.69, 9.17) is 18.4 Å². The third kappa shape index (κ3) is 8.13. The Hall–Kier alpha value is -4.00. The second-order valence-corrected chi connectivity index (χ2v) is 11.8. The molecule has 1 saturated heterocycles. The number of nitrogens with one attached hydrogen (secondary N) is 1. The number of amides is 2. The summed E-state index contributed by atoms with van der Waals surface area (Å²) in [7, 11) is -1.88. The van der Waals surface area contributed by atoms with Gasteiger partial charge in [-0.3, -0.25) is 23.5 Å². The molecule has 1 fully saturated rings. The number of fused-ring (bicyclic) bond motifs is 1. The first-order chi connectivity index (χ1) is 20.8. The van der Waals surface area contributed by atoms with E-state index in [1.165, 1.54) is 37.9 Å². The van der Waals surface area contributed by atoms with Crippen molar-refractivity contribution in [2.24, 2.45) is 5.16 Å². The second-order valence-electron chi connectivity index (χ2n) is 9.09. The lowest BCUT2D eigenvalue weighted by Gasteiger charge is -2.49. The number of aryl methyl sites for hydroxylation is 1. The number of rotatable bonds is 14. The zero-order valence-electron chi connectivity index (χ0n) is 24.4. The molecule has 0 spiro atoms. The van der Waals surface area contributed by atoms with Gasteiger partial charge >= 0.3 is 12.1 Å². The minimum absolute atomic E-state index is 0.0251. The maximum Gasteiger partial charge on any atom is 0.511 e. The van der Waals surface area contributed by atoms with Crippen LogP contribution in [0.5, 0.6) is 0 Å². The Labute approximate surface area is 257 Å². The van der Waals surface area contributed by atoms with Crippen molar-refractivity contribution in [1.82, 2.24) is 10.2 Å². The molecule has 240 valence electrons. The Morgan fingerprint density at radius 2 is 1.82 bits per heavy atom. The molecule has 2 heterocycles. The maximum absolute atomic E-state index is 13.2. The van der Waals surface area contributed by atoms with Gasteiger partial charge in [0.05, 0.1) is 18.1 Å². The van der Waals surface area contributed by atoms with Crippen molar-refractivity contribution in [1.29, 1.82) is 0 Å². The molecule has 2 aliphatic rings. The number of thioether (sulfide) groups is 1. The van der Waals surface area contributed by atoms with E-state index in [0.717, 1.165) is 17.6 Å². The summed E-state index contributed by atoms with van der Waals surface area (Å²) in [6.07, 6.45) is -2.41. The number of esters is 1. The van der Waals surface area contributed by atoms with Crippen molar-refractivity contribution in [3.8, 4) is 0 Å². The van der Waals surface area contributed by atoms with E-state index in [1.807, 2.05) is 0 Å². The van der Waals surface area contributed by atoms with E-state index in [0.29, 0.717) is 5.57 Å². The van der Waals surface area contributed by atoms with E-state index >= 15 is 0 Å². The van der Waals surface area contributed by atoms with Crippen LogP contribution >= 0.6 is 11.8 Å². The van der Waals surface area contributed by atoms with Crippen LogP contribution in [0.3, 0.4) is 0 Å². The Morgan fingerprint density at radius 3 is 2.43 bits per heavy atom. The smallest absolute Gasteiger partial charge is 0.435 e. The Morgan fingerprint density at radius 1 is 1.14 bits per heavy atom. The first-order valence-corrected chi connectivity index (χ1v) is 15.4. The Kier molecular flexibility index (Phi) is 11.9. The number of β-lactam (4-membered cyclic amide) rings is 1. The summed E-state index contributed by atoms with van der Waals surface area (Å²) in [5, 5.41) is 4.97. The molecule has 3 rings (SSSR count). The molecule has 18 heteroatoms. The van der Waals surface area contributed by atoms with Crippen LogP contribution in [0.15, 0.2) is 45.6 Å². The van der Waals surface area contributed by atoms with E-state index in [-0.39, 0.29) is 29.6 Å². The molecule has 3 atom stereocenters. The van der Waals surface area contributed by atoms with Gasteiger partial charge in [0.2, 0.25) is 17.8 Å². The monoisotopic (exact) mass is 657 g/mol. The number of ketones is 1. The summed E-state index contributed by atoms with van der Waals surface area (Å²) in [6, 6.07) is 4.47. The molecule has 0 bridgehead atoms. The second kappa shape index (κ2) is 15.1. The van der Waals surface area contributed by atoms with E-state index < -0.39 is 69.9 Å². The predicted octanol–water partition coefficient (Wildman–Crippen LogP) is 0.635. The average Bonchev–Trinajstić information content (AvgIpc) is 2.97. The number of hydrogen-bond acceptors (Lipinski definition) is 15. The maximum atomic E-state index is 13.2. The number of hydrogen-bond donors (Lipinski definition) is 1.